The standard InChI is InChI=1S/CH3ClN2.HNO3/c2*2-1(3)4/h(H3,3,4);(H,2,3,4). The van der Waals surface area contributed by atoms with Crippen LogP contribution in [0.5, 0.6) is 0 Å². The first-order chi connectivity index (χ1) is 3.46. The molecular weight excluding hydrogens is 137 g/mol. The Kier molecular flexibility index (Phi) is 7.49. The fraction of sp³-hybridized carbons (Fsp3) is 0. The number of hydrogen-bond acceptors (Lipinski definition) is 3. The quantitative estimate of drug-likeness (QED) is 0.142. The van der Waals surface area contributed by atoms with E-state index in [1.807, 2.05) is 0 Å². The molecule has 0 aliphatic rings. The van der Waals surface area contributed by atoms with E-state index in [0.717, 1.165) is 0 Å². The van der Waals surface area contributed by atoms with Gasteiger partial charge in [-0.3, -0.25) is 5.41 Å². The van der Waals surface area contributed by atoms with Gasteiger partial charge in [0.15, 0.2) is 5.29 Å². The number of rotatable bonds is 0. The Morgan fingerprint density at radius 3 is 2.00 bits per heavy atom. The van der Waals surface area contributed by atoms with E-state index >= 15 is 0 Å². The monoisotopic (exact) mass is 141 g/mol. The summed E-state index contributed by atoms with van der Waals surface area (Å²) in [5.41, 5.74) is 4.46. The Balaban J connectivity index is 0. The lowest BCUT2D eigenvalue weighted by Crippen LogP contribution is -1.96. The van der Waals surface area contributed by atoms with Crippen LogP contribution in [0.2, 0.25) is 0 Å². The van der Waals surface area contributed by atoms with E-state index in [4.69, 9.17) is 20.7 Å². The zero-order chi connectivity index (χ0) is 7.15. The van der Waals surface area contributed by atoms with Gasteiger partial charge >= 0.3 is 0 Å². The third-order valence-electron chi connectivity index (χ3n) is 0. The Labute approximate surface area is 49.5 Å². The molecular formula is CH4ClN3O3. The van der Waals surface area contributed by atoms with Crippen LogP contribution in [0, 0.1) is 15.5 Å². The zero-order valence-electron chi connectivity index (χ0n) is 3.67. The fourth-order valence-electron chi connectivity index (χ4n) is 0. The van der Waals surface area contributed by atoms with E-state index in [1.165, 1.54) is 0 Å². The topological polar surface area (TPSA) is 113 Å². The molecule has 0 atom stereocenters. The van der Waals surface area contributed by atoms with Crippen LogP contribution in [0.3, 0.4) is 0 Å². The third-order valence-corrected chi connectivity index (χ3v) is 0. The van der Waals surface area contributed by atoms with Crippen LogP contribution in [0.25, 0.3) is 0 Å². The van der Waals surface area contributed by atoms with Gasteiger partial charge in [0.05, 0.1) is 0 Å². The van der Waals surface area contributed by atoms with Gasteiger partial charge in [-0.2, -0.15) is 0 Å². The summed E-state index contributed by atoms with van der Waals surface area (Å²) in [5, 5.41) is 19.3. The van der Waals surface area contributed by atoms with Gasteiger partial charge in [0.1, 0.15) is 0 Å². The third kappa shape index (κ3) is 71.9. The van der Waals surface area contributed by atoms with Gasteiger partial charge in [0, 0.05) is 0 Å². The van der Waals surface area contributed by atoms with Crippen molar-refractivity contribution in [3.05, 3.63) is 10.1 Å². The molecule has 0 spiro atoms. The number of hydrogen-bond donors (Lipinski definition) is 3. The largest absolute Gasteiger partial charge is 0.374 e. The van der Waals surface area contributed by atoms with Crippen LogP contribution in [0.1, 0.15) is 0 Å². The summed E-state index contributed by atoms with van der Waals surface area (Å²) in [6.45, 7) is 0. The van der Waals surface area contributed by atoms with E-state index in [2.05, 4.69) is 17.3 Å². The highest BCUT2D eigenvalue weighted by Gasteiger charge is 1.65. The van der Waals surface area contributed by atoms with Crippen molar-refractivity contribution >= 4 is 16.9 Å². The van der Waals surface area contributed by atoms with Gasteiger partial charge in [-0.15, -0.1) is 10.1 Å². The Bertz CT molecular complexity index is 72.5. The van der Waals surface area contributed by atoms with Gasteiger partial charge < -0.3 is 10.9 Å². The summed E-state index contributed by atoms with van der Waals surface area (Å²) in [4.78, 5) is 8.36. The van der Waals surface area contributed by atoms with Crippen LogP contribution < -0.4 is 5.73 Å². The van der Waals surface area contributed by atoms with Crippen molar-refractivity contribution in [3.8, 4) is 0 Å². The molecule has 0 unspecified atom stereocenters. The van der Waals surface area contributed by atoms with Crippen LogP contribution >= 0.6 is 11.6 Å². The molecule has 0 aromatic carbocycles. The van der Waals surface area contributed by atoms with E-state index in [1.54, 1.807) is 0 Å². The van der Waals surface area contributed by atoms with E-state index in [0.29, 0.717) is 0 Å². The molecule has 0 heterocycles. The average Bonchev–Trinajstić information content (AvgIpc) is 1.25. The second-order valence-corrected chi connectivity index (χ2v) is 0.993. The number of nitrogens with zero attached hydrogens (tertiary/aromatic N) is 1. The maximum absolute atomic E-state index is 8.36. The predicted molar refractivity (Wildman–Crippen MR) is 26.5 cm³/mol. The minimum atomic E-state index is -1.50. The Morgan fingerprint density at radius 1 is 2.00 bits per heavy atom. The van der Waals surface area contributed by atoms with Gasteiger partial charge in [-0.25, -0.2) is 0 Å². The van der Waals surface area contributed by atoms with Crippen LogP contribution in [-0.2, 0) is 0 Å². The molecule has 0 saturated heterocycles. The minimum Gasteiger partial charge on any atom is -0.374 e. The van der Waals surface area contributed by atoms with Crippen molar-refractivity contribution in [1.29, 1.82) is 5.41 Å². The van der Waals surface area contributed by atoms with E-state index in [-0.39, 0.29) is 5.29 Å². The van der Waals surface area contributed by atoms with Crippen molar-refractivity contribution in [2.45, 2.75) is 0 Å². The summed E-state index contributed by atoms with van der Waals surface area (Å²) in [5.74, 6) is 0. The van der Waals surface area contributed by atoms with E-state index in [9.17, 15) is 0 Å². The molecule has 0 amide bonds. The molecule has 48 valence electrons. The minimum absolute atomic E-state index is 0.361. The molecule has 7 heteroatoms. The molecule has 0 aromatic rings. The molecule has 0 aromatic heterocycles. The molecule has 0 bridgehead atoms. The molecule has 0 fully saturated rings. The molecule has 0 aliphatic heterocycles. The van der Waals surface area contributed by atoms with Crippen LogP contribution in [0.4, 0.5) is 0 Å². The summed E-state index contributed by atoms with van der Waals surface area (Å²) >= 11 is 4.64. The molecule has 0 aliphatic carbocycles. The SMILES string of the molecule is N=C(N)Cl.O=[N+]([O-])O. The molecule has 0 radical (unpaired) electrons. The number of nitrogens with one attached hydrogen (secondary N) is 1. The first kappa shape index (κ1) is 10.0. The first-order valence-corrected chi connectivity index (χ1v) is 1.67. The van der Waals surface area contributed by atoms with E-state index < -0.39 is 5.09 Å². The predicted octanol–water partition coefficient (Wildman–Crippen LogP) is -0.229. The molecule has 4 N–H and O–H groups in total. The maximum Gasteiger partial charge on any atom is 0.291 e. The van der Waals surface area contributed by atoms with Gasteiger partial charge in [-0.1, -0.05) is 0 Å². The second kappa shape index (κ2) is 5.96. The highest BCUT2D eigenvalue weighted by molar-refractivity contribution is 6.63. The molecule has 0 saturated carbocycles. The van der Waals surface area contributed by atoms with Gasteiger partial charge in [-0.05, 0) is 11.6 Å². The maximum atomic E-state index is 8.36. The van der Waals surface area contributed by atoms with Crippen molar-refractivity contribution in [2.75, 3.05) is 0 Å². The van der Waals surface area contributed by atoms with Crippen LogP contribution in [0.15, 0.2) is 0 Å². The van der Waals surface area contributed by atoms with Gasteiger partial charge in [0.25, 0.3) is 5.09 Å². The summed E-state index contributed by atoms with van der Waals surface area (Å²) in [7, 11) is 0. The molecule has 0 rings (SSSR count). The zero-order valence-corrected chi connectivity index (χ0v) is 4.42. The lowest BCUT2D eigenvalue weighted by molar-refractivity contribution is -0.742. The van der Waals surface area contributed by atoms with Crippen molar-refractivity contribution < 1.29 is 10.3 Å². The summed E-state index contributed by atoms with van der Waals surface area (Å²) in [6.07, 6.45) is 0. The van der Waals surface area contributed by atoms with Gasteiger partial charge in [0.2, 0.25) is 0 Å². The Morgan fingerprint density at radius 2 is 2.00 bits per heavy atom. The lowest BCUT2D eigenvalue weighted by atomic mass is 11.4. The van der Waals surface area contributed by atoms with Crippen molar-refractivity contribution in [1.82, 2.24) is 0 Å². The first-order valence-electron chi connectivity index (χ1n) is 1.29. The smallest absolute Gasteiger partial charge is 0.291 e. The number of nitrogens with two attached hydrogens (primary N) is 1. The summed E-state index contributed by atoms with van der Waals surface area (Å²) < 4.78 is 0. The fourth-order valence-corrected chi connectivity index (χ4v) is 0. The summed E-state index contributed by atoms with van der Waals surface area (Å²) in [6, 6.07) is 0. The second-order valence-electron chi connectivity index (χ2n) is 0.586. The van der Waals surface area contributed by atoms with Crippen molar-refractivity contribution in [3.63, 3.8) is 0 Å². The number of halogens is 1. The molecule has 8 heavy (non-hydrogen) atoms. The highest BCUT2D eigenvalue weighted by Crippen LogP contribution is 1.57. The normalized spacial score (nSPS) is 6.12. The lowest BCUT2D eigenvalue weighted by Gasteiger charge is -1.62. The average molecular weight is 142 g/mol. The highest BCUT2D eigenvalue weighted by atomic mass is 35.5. The Hall–Kier alpha value is -1.04. The van der Waals surface area contributed by atoms with Crippen LogP contribution in [-0.4, -0.2) is 15.6 Å². The van der Waals surface area contributed by atoms with Crippen molar-refractivity contribution in [2.24, 2.45) is 5.73 Å². The number of amidine groups is 1. The molecule has 6 nitrogen and oxygen atoms in total.